The van der Waals surface area contributed by atoms with Gasteiger partial charge in [-0.25, -0.2) is 0 Å². The smallest absolute Gasteiger partial charge is 0.261 e. The van der Waals surface area contributed by atoms with Crippen LogP contribution in [0.25, 0.3) is 0 Å². The number of ether oxygens (including phenoxy) is 2. The van der Waals surface area contributed by atoms with Crippen molar-refractivity contribution in [3.63, 3.8) is 0 Å². The third kappa shape index (κ3) is 3.39. The maximum absolute atomic E-state index is 12.5. The van der Waals surface area contributed by atoms with Crippen molar-refractivity contribution in [1.82, 2.24) is 9.80 Å². The van der Waals surface area contributed by atoms with Gasteiger partial charge in [0.2, 0.25) is 0 Å². The molecule has 3 heterocycles. The summed E-state index contributed by atoms with van der Waals surface area (Å²) < 4.78 is 11.6. The van der Waals surface area contributed by atoms with E-state index in [1.165, 1.54) is 4.90 Å². The monoisotopic (exact) mass is 407 g/mol. The first-order valence-electron chi connectivity index (χ1n) is 10.5. The van der Waals surface area contributed by atoms with Gasteiger partial charge in [0.1, 0.15) is 13.2 Å². The van der Waals surface area contributed by atoms with Crippen molar-refractivity contribution < 1.29 is 19.1 Å². The number of para-hydroxylation sites is 1. The summed E-state index contributed by atoms with van der Waals surface area (Å²) in [7, 11) is 0. The Labute approximate surface area is 175 Å². The molecule has 7 nitrogen and oxygen atoms in total. The highest BCUT2D eigenvalue weighted by molar-refractivity contribution is 6.21. The number of hydrogen-bond donors (Lipinski definition) is 0. The van der Waals surface area contributed by atoms with Crippen LogP contribution in [0.15, 0.2) is 42.5 Å². The molecule has 0 N–H and O–H groups in total. The lowest BCUT2D eigenvalue weighted by Crippen LogP contribution is -2.47. The van der Waals surface area contributed by atoms with Crippen LogP contribution in [0.5, 0.6) is 11.5 Å². The number of carbonyl (C=O) groups excluding carboxylic acids is 2. The lowest BCUT2D eigenvalue weighted by atomic mass is 10.1. The Morgan fingerprint density at radius 3 is 2.20 bits per heavy atom. The van der Waals surface area contributed by atoms with Gasteiger partial charge in [0, 0.05) is 32.7 Å². The van der Waals surface area contributed by atoms with E-state index in [4.69, 9.17) is 9.47 Å². The molecular formula is C23H25N3O4. The highest BCUT2D eigenvalue weighted by Crippen LogP contribution is 2.39. The number of anilines is 1. The summed E-state index contributed by atoms with van der Waals surface area (Å²) in [6.07, 6.45) is 0.781. The van der Waals surface area contributed by atoms with Gasteiger partial charge < -0.3 is 14.4 Å². The number of nitrogens with zero attached hydrogens (tertiary/aromatic N) is 3. The van der Waals surface area contributed by atoms with Crippen LogP contribution in [0.3, 0.4) is 0 Å². The van der Waals surface area contributed by atoms with Crippen molar-refractivity contribution in [3.8, 4) is 11.5 Å². The molecule has 3 aliphatic rings. The lowest BCUT2D eigenvalue weighted by Gasteiger charge is -2.37. The Morgan fingerprint density at radius 2 is 1.47 bits per heavy atom. The van der Waals surface area contributed by atoms with Crippen LogP contribution in [0.4, 0.5) is 5.69 Å². The van der Waals surface area contributed by atoms with Crippen LogP contribution in [-0.2, 0) is 0 Å². The van der Waals surface area contributed by atoms with E-state index in [9.17, 15) is 9.59 Å². The predicted molar refractivity (Wildman–Crippen MR) is 113 cm³/mol. The first-order valence-corrected chi connectivity index (χ1v) is 10.5. The van der Waals surface area contributed by atoms with Gasteiger partial charge in [-0.2, -0.15) is 0 Å². The summed E-state index contributed by atoms with van der Waals surface area (Å²) in [6.45, 7) is 6.20. The molecule has 5 rings (SSSR count). The highest BCUT2D eigenvalue weighted by atomic mass is 16.6. The second-order valence-corrected chi connectivity index (χ2v) is 7.79. The number of fused-ring (bicyclic) bond motifs is 2. The van der Waals surface area contributed by atoms with Gasteiger partial charge >= 0.3 is 0 Å². The molecule has 0 unspecified atom stereocenters. The Morgan fingerprint density at radius 1 is 0.767 bits per heavy atom. The van der Waals surface area contributed by atoms with Crippen molar-refractivity contribution >= 4 is 17.5 Å². The molecule has 7 heteroatoms. The second kappa shape index (κ2) is 7.99. The molecule has 156 valence electrons. The fraction of sp³-hybridized carbons (Fsp3) is 0.391. The first kappa shape index (κ1) is 18.9. The number of benzene rings is 2. The molecular weight excluding hydrogens is 382 g/mol. The average molecular weight is 407 g/mol. The van der Waals surface area contributed by atoms with E-state index in [0.29, 0.717) is 30.9 Å². The van der Waals surface area contributed by atoms with E-state index in [0.717, 1.165) is 56.3 Å². The minimum Gasteiger partial charge on any atom is -0.486 e. The van der Waals surface area contributed by atoms with Crippen LogP contribution < -0.4 is 14.4 Å². The van der Waals surface area contributed by atoms with E-state index in [2.05, 4.69) is 15.9 Å². The van der Waals surface area contributed by atoms with E-state index in [-0.39, 0.29) is 11.8 Å². The molecule has 0 aromatic heterocycles. The van der Waals surface area contributed by atoms with Crippen molar-refractivity contribution in [2.75, 3.05) is 57.4 Å². The van der Waals surface area contributed by atoms with Crippen LogP contribution in [-0.4, -0.2) is 74.1 Å². The molecule has 0 spiro atoms. The number of amides is 2. The SMILES string of the molecule is O=C1c2ccccc2C(=O)N1CCCN1CCN(c2cccc3c2OCCO3)CC1. The lowest BCUT2D eigenvalue weighted by molar-refractivity contribution is 0.0647. The third-order valence-electron chi connectivity index (χ3n) is 5.99. The van der Waals surface area contributed by atoms with Crippen molar-refractivity contribution in [2.45, 2.75) is 6.42 Å². The van der Waals surface area contributed by atoms with Gasteiger partial charge in [-0.1, -0.05) is 18.2 Å². The third-order valence-corrected chi connectivity index (χ3v) is 5.99. The summed E-state index contributed by atoms with van der Waals surface area (Å²) in [5.41, 5.74) is 2.14. The van der Waals surface area contributed by atoms with Gasteiger partial charge in [-0.3, -0.25) is 19.4 Å². The summed E-state index contributed by atoms with van der Waals surface area (Å²) in [4.78, 5) is 31.1. The molecule has 0 radical (unpaired) electrons. The Balaban J connectivity index is 1.13. The summed E-state index contributed by atoms with van der Waals surface area (Å²) in [6, 6.07) is 13.1. The second-order valence-electron chi connectivity index (χ2n) is 7.79. The Hall–Kier alpha value is -3.06. The molecule has 30 heavy (non-hydrogen) atoms. The summed E-state index contributed by atoms with van der Waals surface area (Å²) >= 11 is 0. The van der Waals surface area contributed by atoms with Crippen LogP contribution in [0, 0.1) is 0 Å². The maximum atomic E-state index is 12.5. The molecule has 0 aliphatic carbocycles. The van der Waals surface area contributed by atoms with Crippen LogP contribution in [0.1, 0.15) is 27.1 Å². The van der Waals surface area contributed by atoms with E-state index < -0.39 is 0 Å². The molecule has 2 aromatic rings. The Bertz CT molecular complexity index is 934. The zero-order chi connectivity index (χ0) is 20.5. The minimum atomic E-state index is -0.170. The zero-order valence-electron chi connectivity index (χ0n) is 16.9. The fourth-order valence-electron chi connectivity index (χ4n) is 4.41. The molecule has 2 amide bonds. The minimum absolute atomic E-state index is 0.170. The number of rotatable bonds is 5. The van der Waals surface area contributed by atoms with Gasteiger partial charge in [0.15, 0.2) is 11.5 Å². The maximum Gasteiger partial charge on any atom is 0.261 e. The molecule has 0 atom stereocenters. The topological polar surface area (TPSA) is 62.3 Å². The summed E-state index contributed by atoms with van der Waals surface area (Å²) in [5.74, 6) is 1.33. The number of piperazine rings is 1. The van der Waals surface area contributed by atoms with Gasteiger partial charge in [-0.15, -0.1) is 0 Å². The number of imide groups is 1. The molecule has 1 fully saturated rings. The van der Waals surface area contributed by atoms with Crippen molar-refractivity contribution in [1.29, 1.82) is 0 Å². The Kier molecular flexibility index (Phi) is 5.04. The largest absolute Gasteiger partial charge is 0.486 e. The molecule has 1 saturated heterocycles. The van der Waals surface area contributed by atoms with Crippen LogP contribution in [0.2, 0.25) is 0 Å². The van der Waals surface area contributed by atoms with E-state index >= 15 is 0 Å². The molecule has 0 bridgehead atoms. The average Bonchev–Trinajstić information content (AvgIpc) is 3.04. The predicted octanol–water partition coefficient (Wildman–Crippen LogP) is 2.27. The van der Waals surface area contributed by atoms with Crippen molar-refractivity contribution in [2.24, 2.45) is 0 Å². The van der Waals surface area contributed by atoms with E-state index in [1.54, 1.807) is 24.3 Å². The zero-order valence-corrected chi connectivity index (χ0v) is 16.9. The standard InChI is InChI=1S/C23H25N3O4/c27-22-17-5-1-2-6-18(17)23(28)26(22)10-4-9-24-11-13-25(14-12-24)19-7-3-8-20-21(19)30-16-15-29-20/h1-3,5-8H,4,9-16H2. The molecule has 2 aromatic carbocycles. The normalized spacial score (nSPS) is 18.7. The van der Waals surface area contributed by atoms with E-state index in [1.807, 2.05) is 12.1 Å². The quantitative estimate of drug-likeness (QED) is 0.709. The van der Waals surface area contributed by atoms with Crippen LogP contribution >= 0.6 is 0 Å². The van der Waals surface area contributed by atoms with Crippen molar-refractivity contribution in [3.05, 3.63) is 53.6 Å². The highest BCUT2D eigenvalue weighted by Gasteiger charge is 2.34. The van der Waals surface area contributed by atoms with Gasteiger partial charge in [-0.05, 0) is 37.2 Å². The fourth-order valence-corrected chi connectivity index (χ4v) is 4.41. The first-order chi connectivity index (χ1) is 14.7. The summed E-state index contributed by atoms with van der Waals surface area (Å²) in [5, 5.41) is 0. The number of hydrogen-bond acceptors (Lipinski definition) is 6. The number of carbonyl (C=O) groups is 2. The molecule has 3 aliphatic heterocycles. The van der Waals surface area contributed by atoms with Gasteiger partial charge in [0.05, 0.1) is 16.8 Å². The van der Waals surface area contributed by atoms with Gasteiger partial charge in [0.25, 0.3) is 11.8 Å². The molecule has 0 saturated carbocycles.